The summed E-state index contributed by atoms with van der Waals surface area (Å²) in [5.74, 6) is -1.26. The number of carbonyl (C=O) groups is 1. The Morgan fingerprint density at radius 1 is 1.00 bits per heavy atom. The average molecular weight is 268 g/mol. The van der Waals surface area contributed by atoms with E-state index in [0.29, 0.717) is 6.42 Å². The minimum atomic E-state index is -0.769. The van der Waals surface area contributed by atoms with Crippen LogP contribution in [-0.4, -0.2) is 11.1 Å². The van der Waals surface area contributed by atoms with Crippen LogP contribution in [0.5, 0.6) is 0 Å². The molecule has 0 bridgehead atoms. The zero-order valence-electron chi connectivity index (χ0n) is 12.2. The number of aryl methyl sites for hydroxylation is 3. The first-order valence-corrected chi connectivity index (χ1v) is 6.83. The molecule has 0 spiro atoms. The molecule has 0 amide bonds. The predicted octanol–water partition coefficient (Wildman–Crippen LogP) is 4.02. The Bertz CT molecular complexity index is 612. The summed E-state index contributed by atoms with van der Waals surface area (Å²) in [6.07, 6.45) is 0.534. The van der Waals surface area contributed by atoms with Crippen LogP contribution < -0.4 is 0 Å². The molecule has 2 rings (SSSR count). The molecule has 0 radical (unpaired) electrons. The molecule has 0 aliphatic heterocycles. The molecule has 0 heterocycles. The first-order valence-electron chi connectivity index (χ1n) is 6.83. The van der Waals surface area contributed by atoms with Crippen molar-refractivity contribution in [2.75, 3.05) is 0 Å². The highest BCUT2D eigenvalue weighted by molar-refractivity contribution is 5.76. The van der Waals surface area contributed by atoms with Gasteiger partial charge in [0.15, 0.2) is 0 Å². The second-order valence-electron chi connectivity index (χ2n) is 5.44. The van der Waals surface area contributed by atoms with Gasteiger partial charge in [0.25, 0.3) is 0 Å². The van der Waals surface area contributed by atoms with E-state index in [1.807, 2.05) is 45.0 Å². The molecule has 0 aromatic heterocycles. The summed E-state index contributed by atoms with van der Waals surface area (Å²) in [4.78, 5) is 11.6. The zero-order valence-corrected chi connectivity index (χ0v) is 12.2. The number of hydrogen-bond donors (Lipinski definition) is 1. The van der Waals surface area contributed by atoms with E-state index in [1.54, 1.807) is 0 Å². The standard InChI is InChI=1S/C18H20O2/c1-12-5-8-15(9-6-12)17(18(19)20)11-16-10-13(2)4-7-14(16)3/h4-10,17H,11H2,1-3H3,(H,19,20). The van der Waals surface area contributed by atoms with E-state index < -0.39 is 11.9 Å². The topological polar surface area (TPSA) is 37.3 Å². The number of aliphatic carboxylic acids is 1. The fraction of sp³-hybridized carbons (Fsp3) is 0.278. The van der Waals surface area contributed by atoms with E-state index in [2.05, 4.69) is 18.2 Å². The number of carboxylic acid groups (broad SMARTS) is 1. The van der Waals surface area contributed by atoms with E-state index in [0.717, 1.165) is 22.3 Å². The smallest absolute Gasteiger partial charge is 0.311 e. The first-order chi connectivity index (χ1) is 9.47. The highest BCUT2D eigenvalue weighted by atomic mass is 16.4. The summed E-state index contributed by atoms with van der Waals surface area (Å²) in [6.45, 7) is 6.07. The highest BCUT2D eigenvalue weighted by Gasteiger charge is 2.21. The van der Waals surface area contributed by atoms with Crippen LogP contribution in [0, 0.1) is 20.8 Å². The van der Waals surface area contributed by atoms with Crippen molar-refractivity contribution in [3.05, 3.63) is 70.3 Å². The summed E-state index contributed by atoms with van der Waals surface area (Å²) >= 11 is 0. The molecule has 1 unspecified atom stereocenters. The lowest BCUT2D eigenvalue weighted by atomic mass is 9.89. The number of rotatable bonds is 4. The maximum absolute atomic E-state index is 11.6. The minimum absolute atomic E-state index is 0.490. The number of carboxylic acids is 1. The summed E-state index contributed by atoms with van der Waals surface area (Å²) in [7, 11) is 0. The van der Waals surface area contributed by atoms with Crippen LogP contribution in [0.4, 0.5) is 0 Å². The Kier molecular flexibility index (Phi) is 4.23. The van der Waals surface area contributed by atoms with Gasteiger partial charge in [0.1, 0.15) is 0 Å². The van der Waals surface area contributed by atoms with Crippen LogP contribution in [0.3, 0.4) is 0 Å². The monoisotopic (exact) mass is 268 g/mol. The van der Waals surface area contributed by atoms with Crippen LogP contribution in [0.25, 0.3) is 0 Å². The Labute approximate surface area is 120 Å². The molecular weight excluding hydrogens is 248 g/mol. The van der Waals surface area contributed by atoms with Gasteiger partial charge in [-0.25, -0.2) is 0 Å². The summed E-state index contributed by atoms with van der Waals surface area (Å²) in [6, 6.07) is 14.0. The van der Waals surface area contributed by atoms with Crippen LogP contribution in [0.15, 0.2) is 42.5 Å². The van der Waals surface area contributed by atoms with E-state index in [4.69, 9.17) is 0 Å². The molecule has 2 aromatic rings. The molecular formula is C18H20O2. The predicted molar refractivity (Wildman–Crippen MR) is 81.2 cm³/mol. The van der Waals surface area contributed by atoms with E-state index in [9.17, 15) is 9.90 Å². The van der Waals surface area contributed by atoms with Gasteiger partial charge < -0.3 is 5.11 Å². The van der Waals surface area contributed by atoms with Crippen molar-refractivity contribution in [3.63, 3.8) is 0 Å². The fourth-order valence-electron chi connectivity index (χ4n) is 2.39. The van der Waals surface area contributed by atoms with Crippen molar-refractivity contribution in [1.29, 1.82) is 0 Å². The molecule has 0 aliphatic rings. The molecule has 1 N–H and O–H groups in total. The molecule has 1 atom stereocenters. The largest absolute Gasteiger partial charge is 0.481 e. The molecule has 2 nitrogen and oxygen atoms in total. The third kappa shape index (κ3) is 3.27. The maximum Gasteiger partial charge on any atom is 0.311 e. The van der Waals surface area contributed by atoms with Crippen molar-refractivity contribution in [2.45, 2.75) is 33.1 Å². The van der Waals surface area contributed by atoms with Crippen molar-refractivity contribution in [3.8, 4) is 0 Å². The van der Waals surface area contributed by atoms with Crippen molar-refractivity contribution in [2.24, 2.45) is 0 Å². The van der Waals surface area contributed by atoms with Gasteiger partial charge in [-0.15, -0.1) is 0 Å². The second kappa shape index (κ2) is 5.91. The molecule has 104 valence electrons. The third-order valence-corrected chi connectivity index (χ3v) is 3.71. The van der Waals surface area contributed by atoms with Gasteiger partial charge in [0, 0.05) is 0 Å². The first kappa shape index (κ1) is 14.3. The van der Waals surface area contributed by atoms with Gasteiger partial charge >= 0.3 is 5.97 Å². The normalized spacial score (nSPS) is 12.2. The van der Waals surface area contributed by atoms with Crippen LogP contribution in [-0.2, 0) is 11.2 Å². The van der Waals surface area contributed by atoms with Crippen LogP contribution >= 0.6 is 0 Å². The zero-order chi connectivity index (χ0) is 14.7. The Morgan fingerprint density at radius 3 is 2.20 bits per heavy atom. The Morgan fingerprint density at radius 2 is 1.60 bits per heavy atom. The molecule has 0 fully saturated rings. The maximum atomic E-state index is 11.6. The van der Waals surface area contributed by atoms with E-state index in [1.165, 1.54) is 5.56 Å². The van der Waals surface area contributed by atoms with Crippen LogP contribution in [0.2, 0.25) is 0 Å². The minimum Gasteiger partial charge on any atom is -0.481 e. The molecule has 2 aromatic carbocycles. The Hall–Kier alpha value is -2.09. The summed E-state index contributed by atoms with van der Waals surface area (Å²) in [5, 5.41) is 9.52. The lowest BCUT2D eigenvalue weighted by Gasteiger charge is -2.15. The SMILES string of the molecule is Cc1ccc(C(Cc2cc(C)ccc2C)C(=O)O)cc1. The van der Waals surface area contributed by atoms with Gasteiger partial charge in [-0.05, 0) is 43.9 Å². The summed E-state index contributed by atoms with van der Waals surface area (Å²) < 4.78 is 0. The molecule has 20 heavy (non-hydrogen) atoms. The van der Waals surface area contributed by atoms with Crippen molar-refractivity contribution in [1.82, 2.24) is 0 Å². The van der Waals surface area contributed by atoms with Crippen molar-refractivity contribution >= 4 is 5.97 Å². The molecule has 0 saturated heterocycles. The van der Waals surface area contributed by atoms with Crippen molar-refractivity contribution < 1.29 is 9.90 Å². The molecule has 2 heteroatoms. The van der Waals surface area contributed by atoms with E-state index in [-0.39, 0.29) is 0 Å². The van der Waals surface area contributed by atoms with Gasteiger partial charge in [0.2, 0.25) is 0 Å². The van der Waals surface area contributed by atoms with Gasteiger partial charge in [-0.1, -0.05) is 53.6 Å². The number of hydrogen-bond acceptors (Lipinski definition) is 1. The van der Waals surface area contributed by atoms with Crippen LogP contribution in [0.1, 0.15) is 33.7 Å². The van der Waals surface area contributed by atoms with Gasteiger partial charge in [-0.3, -0.25) is 4.79 Å². The Balaban J connectivity index is 2.32. The van der Waals surface area contributed by atoms with Gasteiger partial charge in [0.05, 0.1) is 5.92 Å². The average Bonchev–Trinajstić information content (AvgIpc) is 2.40. The number of benzene rings is 2. The fourth-order valence-corrected chi connectivity index (χ4v) is 2.39. The summed E-state index contributed by atoms with van der Waals surface area (Å²) in [5.41, 5.74) is 5.43. The lowest BCUT2D eigenvalue weighted by molar-refractivity contribution is -0.138. The molecule has 0 aliphatic carbocycles. The lowest BCUT2D eigenvalue weighted by Crippen LogP contribution is -2.15. The third-order valence-electron chi connectivity index (χ3n) is 3.71. The van der Waals surface area contributed by atoms with E-state index >= 15 is 0 Å². The quantitative estimate of drug-likeness (QED) is 0.909. The molecule has 0 saturated carbocycles. The second-order valence-corrected chi connectivity index (χ2v) is 5.44. The highest BCUT2D eigenvalue weighted by Crippen LogP contribution is 2.24. The van der Waals surface area contributed by atoms with Gasteiger partial charge in [-0.2, -0.15) is 0 Å².